The summed E-state index contributed by atoms with van der Waals surface area (Å²) in [5, 5.41) is 20.1. The van der Waals surface area contributed by atoms with Crippen molar-refractivity contribution in [2.75, 3.05) is 0 Å². The van der Waals surface area contributed by atoms with E-state index in [1.165, 1.54) is 24.2 Å². The highest BCUT2D eigenvalue weighted by Gasteiger charge is 2.15. The van der Waals surface area contributed by atoms with Gasteiger partial charge in [0.1, 0.15) is 16.6 Å². The van der Waals surface area contributed by atoms with Crippen LogP contribution in [-0.2, 0) is 0 Å². The minimum atomic E-state index is -0.149. The van der Waals surface area contributed by atoms with E-state index in [9.17, 15) is 0 Å². The monoisotopic (exact) mass is 298 g/mol. The number of tetrazole rings is 1. The molecule has 0 saturated heterocycles. The van der Waals surface area contributed by atoms with E-state index in [0.717, 1.165) is 5.69 Å². The summed E-state index contributed by atoms with van der Waals surface area (Å²) in [7, 11) is 0. The third-order valence-corrected chi connectivity index (χ3v) is 3.48. The molecule has 0 aliphatic rings. The van der Waals surface area contributed by atoms with Gasteiger partial charge in [0.15, 0.2) is 0 Å². The van der Waals surface area contributed by atoms with Crippen LogP contribution < -0.4 is 5.73 Å². The van der Waals surface area contributed by atoms with Crippen molar-refractivity contribution in [3.05, 3.63) is 48.4 Å². The van der Waals surface area contributed by atoms with Gasteiger partial charge in [-0.15, -0.1) is 5.10 Å². The van der Waals surface area contributed by atoms with Crippen molar-refractivity contribution in [2.45, 2.75) is 10.2 Å². The third kappa shape index (κ3) is 2.72. The van der Waals surface area contributed by atoms with Crippen LogP contribution in [0.25, 0.3) is 5.69 Å². The van der Waals surface area contributed by atoms with E-state index in [4.69, 9.17) is 11.1 Å². The van der Waals surface area contributed by atoms with Crippen molar-refractivity contribution >= 4 is 17.6 Å². The van der Waals surface area contributed by atoms with Crippen LogP contribution in [0, 0.1) is 5.41 Å². The number of nitrogens with zero attached hydrogens (tertiary/aromatic N) is 6. The quantitative estimate of drug-likeness (QED) is 0.542. The van der Waals surface area contributed by atoms with Crippen LogP contribution >= 0.6 is 11.8 Å². The highest BCUT2D eigenvalue weighted by molar-refractivity contribution is 7.99. The number of para-hydroxylation sites is 1. The number of rotatable bonds is 4. The standard InChI is InChI=1S/C12H10N8S/c13-10(14)9-11(16-7-6-15-9)21-12-17-18-19-20(12)8-4-2-1-3-5-8/h1-7H,(H3,13,14). The molecule has 1 aromatic carbocycles. The van der Waals surface area contributed by atoms with E-state index >= 15 is 0 Å². The molecular weight excluding hydrogens is 288 g/mol. The molecule has 3 N–H and O–H groups in total. The van der Waals surface area contributed by atoms with Gasteiger partial charge in [-0.2, -0.15) is 4.68 Å². The topological polar surface area (TPSA) is 119 Å². The Bertz CT molecular complexity index is 770. The summed E-state index contributed by atoms with van der Waals surface area (Å²) < 4.78 is 1.59. The molecule has 3 aromatic rings. The lowest BCUT2D eigenvalue weighted by Crippen LogP contribution is -2.15. The molecule has 0 spiro atoms. The summed E-state index contributed by atoms with van der Waals surface area (Å²) in [6.45, 7) is 0. The second-order valence-electron chi connectivity index (χ2n) is 3.93. The van der Waals surface area contributed by atoms with Crippen LogP contribution in [0.2, 0.25) is 0 Å². The first kappa shape index (κ1) is 13.2. The fourth-order valence-electron chi connectivity index (χ4n) is 1.64. The van der Waals surface area contributed by atoms with Crippen molar-refractivity contribution in [1.29, 1.82) is 5.41 Å². The summed E-state index contributed by atoms with van der Waals surface area (Å²) in [5.41, 5.74) is 6.64. The Morgan fingerprint density at radius 3 is 2.67 bits per heavy atom. The summed E-state index contributed by atoms with van der Waals surface area (Å²) in [4.78, 5) is 8.23. The van der Waals surface area contributed by atoms with Gasteiger partial charge in [0.2, 0.25) is 5.16 Å². The SMILES string of the molecule is N=C(N)c1nccnc1Sc1nnnn1-c1ccccc1. The zero-order chi connectivity index (χ0) is 14.7. The maximum atomic E-state index is 7.53. The zero-order valence-electron chi connectivity index (χ0n) is 10.7. The molecule has 9 heteroatoms. The van der Waals surface area contributed by atoms with Crippen LogP contribution in [0.3, 0.4) is 0 Å². The highest BCUT2D eigenvalue weighted by Crippen LogP contribution is 2.26. The zero-order valence-corrected chi connectivity index (χ0v) is 11.5. The Kier molecular flexibility index (Phi) is 3.56. The molecule has 2 heterocycles. The second kappa shape index (κ2) is 5.67. The number of hydrogen-bond donors (Lipinski definition) is 2. The predicted octanol–water partition coefficient (Wildman–Crippen LogP) is 0.888. The van der Waals surface area contributed by atoms with Gasteiger partial charge in [-0.25, -0.2) is 9.97 Å². The molecular formula is C12H10N8S. The summed E-state index contributed by atoms with van der Waals surface area (Å²) >= 11 is 1.20. The first-order valence-corrected chi connectivity index (χ1v) is 6.74. The van der Waals surface area contributed by atoms with Gasteiger partial charge in [-0.1, -0.05) is 18.2 Å². The molecule has 0 amide bonds. The number of aromatic nitrogens is 6. The normalized spacial score (nSPS) is 10.5. The van der Waals surface area contributed by atoms with Crippen molar-refractivity contribution < 1.29 is 0 Å². The van der Waals surface area contributed by atoms with Gasteiger partial charge < -0.3 is 5.73 Å². The van der Waals surface area contributed by atoms with Crippen LogP contribution in [0.15, 0.2) is 52.9 Å². The molecule has 0 aliphatic heterocycles. The number of nitrogen functional groups attached to an aromatic ring is 1. The van der Waals surface area contributed by atoms with Crippen LogP contribution in [0.4, 0.5) is 0 Å². The van der Waals surface area contributed by atoms with Crippen LogP contribution in [0.1, 0.15) is 5.69 Å². The van der Waals surface area contributed by atoms with E-state index in [-0.39, 0.29) is 5.84 Å². The van der Waals surface area contributed by atoms with E-state index in [1.807, 2.05) is 30.3 Å². The Labute approximate surface area is 123 Å². The number of benzene rings is 1. The third-order valence-electron chi connectivity index (χ3n) is 2.55. The molecule has 0 fully saturated rings. The van der Waals surface area contributed by atoms with E-state index in [2.05, 4.69) is 25.5 Å². The van der Waals surface area contributed by atoms with Gasteiger partial charge >= 0.3 is 0 Å². The molecule has 2 aromatic heterocycles. The van der Waals surface area contributed by atoms with E-state index in [0.29, 0.717) is 15.9 Å². The van der Waals surface area contributed by atoms with Crippen LogP contribution in [0.5, 0.6) is 0 Å². The van der Waals surface area contributed by atoms with Gasteiger partial charge in [-0.05, 0) is 34.3 Å². The van der Waals surface area contributed by atoms with Gasteiger partial charge in [0, 0.05) is 12.4 Å². The summed E-state index contributed by atoms with van der Waals surface area (Å²) in [6, 6.07) is 9.49. The highest BCUT2D eigenvalue weighted by atomic mass is 32.2. The molecule has 0 saturated carbocycles. The lowest BCUT2D eigenvalue weighted by molar-refractivity contribution is 0.755. The van der Waals surface area contributed by atoms with E-state index < -0.39 is 0 Å². The molecule has 0 radical (unpaired) electrons. The summed E-state index contributed by atoms with van der Waals surface area (Å²) in [5.74, 6) is -0.149. The van der Waals surface area contributed by atoms with Crippen LogP contribution in [-0.4, -0.2) is 36.0 Å². The fourth-order valence-corrected chi connectivity index (χ4v) is 2.50. The predicted molar refractivity (Wildman–Crippen MR) is 76.3 cm³/mol. The molecule has 0 unspecified atom stereocenters. The number of amidine groups is 1. The minimum absolute atomic E-state index is 0.149. The Hall–Kier alpha value is -2.81. The molecule has 104 valence electrons. The molecule has 0 bridgehead atoms. The maximum Gasteiger partial charge on any atom is 0.220 e. The average molecular weight is 298 g/mol. The Morgan fingerprint density at radius 1 is 1.14 bits per heavy atom. The molecule has 3 rings (SSSR count). The van der Waals surface area contributed by atoms with E-state index in [1.54, 1.807) is 4.68 Å². The Balaban J connectivity index is 1.98. The second-order valence-corrected chi connectivity index (χ2v) is 4.89. The number of nitrogens with two attached hydrogens (primary N) is 1. The van der Waals surface area contributed by atoms with Gasteiger partial charge in [0.05, 0.1) is 5.69 Å². The van der Waals surface area contributed by atoms with Crippen molar-refractivity contribution in [2.24, 2.45) is 5.73 Å². The average Bonchev–Trinajstić information content (AvgIpc) is 2.96. The first-order valence-electron chi connectivity index (χ1n) is 5.93. The lowest BCUT2D eigenvalue weighted by Gasteiger charge is -2.05. The van der Waals surface area contributed by atoms with Crippen molar-refractivity contribution in [3.8, 4) is 5.69 Å². The first-order chi connectivity index (χ1) is 10.3. The molecule has 8 nitrogen and oxygen atoms in total. The van der Waals surface area contributed by atoms with Gasteiger partial charge in [0.25, 0.3) is 0 Å². The Morgan fingerprint density at radius 2 is 1.90 bits per heavy atom. The smallest absolute Gasteiger partial charge is 0.220 e. The molecule has 0 aliphatic carbocycles. The largest absolute Gasteiger partial charge is 0.382 e. The lowest BCUT2D eigenvalue weighted by atomic mass is 10.3. The van der Waals surface area contributed by atoms with Crippen molar-refractivity contribution in [3.63, 3.8) is 0 Å². The number of hydrogen-bond acceptors (Lipinski definition) is 7. The maximum absolute atomic E-state index is 7.53. The van der Waals surface area contributed by atoms with Gasteiger partial charge in [-0.3, -0.25) is 5.41 Å². The molecule has 0 atom stereocenters. The fraction of sp³-hybridized carbons (Fsp3) is 0. The number of nitrogens with one attached hydrogen (secondary N) is 1. The summed E-state index contributed by atoms with van der Waals surface area (Å²) in [6.07, 6.45) is 3.02. The van der Waals surface area contributed by atoms with Crippen molar-refractivity contribution in [1.82, 2.24) is 30.2 Å². The molecule has 21 heavy (non-hydrogen) atoms. The minimum Gasteiger partial charge on any atom is -0.382 e.